The van der Waals surface area contributed by atoms with E-state index in [0.717, 1.165) is 25.7 Å². The van der Waals surface area contributed by atoms with Gasteiger partial charge >= 0.3 is 11.9 Å². The summed E-state index contributed by atoms with van der Waals surface area (Å²) < 4.78 is 5.79. The van der Waals surface area contributed by atoms with E-state index in [1.807, 2.05) is 0 Å². The summed E-state index contributed by atoms with van der Waals surface area (Å²) in [6.45, 7) is 27.2. The number of aliphatic carboxylic acids is 1. The number of carbonyl (C=O) groups excluding carboxylic acids is 19. The van der Waals surface area contributed by atoms with Crippen molar-refractivity contribution in [1.29, 1.82) is 0 Å². The molecule has 710 valence electrons. The number of ether oxygens (including phenoxy) is 1. The summed E-state index contributed by atoms with van der Waals surface area (Å²) in [5.74, 6) is -25.1. The maximum atomic E-state index is 15.1. The Morgan fingerprint density at radius 3 is 1.17 bits per heavy atom. The van der Waals surface area contributed by atoms with E-state index in [9.17, 15) is 96.5 Å². The SMILES string of the molecule is CCCCCCC[C@@H](O)CC(=O)N[C@@H](CC(C)C)C(=O)N[C@H](CCC(=O)O)C(=O)N[C@H](CCC(N)=O)C(=O)N[C@@H](C(=O)N[C@H](CC(C)C)C(=O)N[C@@H](CCC(N)=O)C(=O)N[C@@H]1COC(=O)[C@H]([C@@H](C)CC)NC(=O)C(CCC(N)=O)NC(=O)[C@H](CC(C)C)NC(=O)[C@H](CC(C)C)NC(=O)[C@@H](CCC(N)=O)NC(=O)[C@@H](CC(C)C)NC(=O)C(C(C)C)NC1=O)C(C)C. The van der Waals surface area contributed by atoms with E-state index in [0.29, 0.717) is 12.8 Å². The van der Waals surface area contributed by atoms with Crippen LogP contribution >= 0.6 is 0 Å². The highest BCUT2D eigenvalue weighted by atomic mass is 16.5. The predicted octanol–water partition coefficient (Wildman–Crippen LogP) is -1.04. The quantitative estimate of drug-likeness (QED) is 0.0255. The van der Waals surface area contributed by atoms with Crippen molar-refractivity contribution in [3.63, 3.8) is 0 Å². The molecule has 125 heavy (non-hydrogen) atoms. The van der Waals surface area contributed by atoms with Crippen LogP contribution in [-0.2, 0) is 101 Å². The molecule has 1 rings (SSSR count). The first-order valence-electron chi connectivity index (χ1n) is 43.7. The first-order chi connectivity index (χ1) is 58.3. The van der Waals surface area contributed by atoms with E-state index in [-0.39, 0.29) is 68.6 Å². The van der Waals surface area contributed by atoms with Crippen molar-refractivity contribution in [1.82, 2.24) is 74.4 Å². The number of amides is 18. The molecule has 0 aliphatic carbocycles. The number of rotatable bonds is 50. The van der Waals surface area contributed by atoms with Gasteiger partial charge in [-0.15, -0.1) is 0 Å². The highest BCUT2D eigenvalue weighted by Crippen LogP contribution is 2.20. The predicted molar refractivity (Wildman–Crippen MR) is 459 cm³/mol. The molecule has 24 N–H and O–H groups in total. The van der Waals surface area contributed by atoms with Crippen molar-refractivity contribution in [3.05, 3.63) is 0 Å². The Morgan fingerprint density at radius 1 is 0.400 bits per heavy atom. The molecule has 0 aromatic heterocycles. The zero-order valence-electron chi connectivity index (χ0n) is 76.0. The van der Waals surface area contributed by atoms with Crippen molar-refractivity contribution < 1.29 is 111 Å². The molecule has 0 spiro atoms. The van der Waals surface area contributed by atoms with Gasteiger partial charge < -0.3 is 112 Å². The molecule has 41 heteroatoms. The number of hydrogen-bond acceptors (Lipinski definition) is 22. The number of carbonyl (C=O) groups is 20. The third kappa shape index (κ3) is 45.2. The van der Waals surface area contributed by atoms with E-state index in [4.69, 9.17) is 27.7 Å². The lowest BCUT2D eigenvalue weighted by Crippen LogP contribution is -2.62. The topological polar surface area (TPSA) is 664 Å². The van der Waals surface area contributed by atoms with Crippen LogP contribution in [0, 0.1) is 47.3 Å². The van der Waals surface area contributed by atoms with E-state index >= 15 is 9.59 Å². The van der Waals surface area contributed by atoms with Crippen LogP contribution < -0.4 is 97.4 Å². The molecule has 0 radical (unpaired) electrons. The minimum absolute atomic E-state index is 0.0341. The number of unbranched alkanes of at least 4 members (excludes halogenated alkanes) is 4. The van der Waals surface area contributed by atoms with Crippen LogP contribution in [0.5, 0.6) is 0 Å². The molecule has 1 saturated heterocycles. The van der Waals surface area contributed by atoms with Gasteiger partial charge in [-0.3, -0.25) is 91.1 Å². The maximum absolute atomic E-state index is 15.1. The van der Waals surface area contributed by atoms with E-state index in [2.05, 4.69) is 81.4 Å². The van der Waals surface area contributed by atoms with Crippen LogP contribution in [0.4, 0.5) is 0 Å². The van der Waals surface area contributed by atoms with Gasteiger partial charge in [-0.1, -0.05) is 156 Å². The molecule has 1 fully saturated rings. The summed E-state index contributed by atoms with van der Waals surface area (Å²) in [4.78, 5) is 280. The smallest absolute Gasteiger partial charge is 0.329 e. The number of esters is 1. The van der Waals surface area contributed by atoms with E-state index in [1.165, 1.54) is 34.6 Å². The summed E-state index contributed by atoms with van der Waals surface area (Å²) in [5.41, 5.74) is 22.2. The van der Waals surface area contributed by atoms with Crippen molar-refractivity contribution in [2.75, 3.05) is 6.61 Å². The molecule has 16 atom stereocenters. The first kappa shape index (κ1) is 112. The zero-order chi connectivity index (χ0) is 95.4. The molecule has 1 aliphatic heterocycles. The Bertz CT molecular complexity index is 3630. The lowest BCUT2D eigenvalue weighted by Gasteiger charge is -2.30. The summed E-state index contributed by atoms with van der Waals surface area (Å²) in [6, 6.07) is -22.9. The lowest BCUT2D eigenvalue weighted by molar-refractivity contribution is -0.152. The molecule has 0 aromatic carbocycles. The normalized spacial score (nSPS) is 20.6. The van der Waals surface area contributed by atoms with Crippen LogP contribution in [0.3, 0.4) is 0 Å². The van der Waals surface area contributed by atoms with E-state index in [1.54, 1.807) is 76.2 Å². The summed E-state index contributed by atoms with van der Waals surface area (Å²) in [7, 11) is 0. The maximum Gasteiger partial charge on any atom is 0.329 e. The number of primary amides is 4. The second-order valence-electron chi connectivity index (χ2n) is 35.4. The number of aliphatic hydroxyl groups is 1. The Kier molecular flexibility index (Phi) is 52.0. The van der Waals surface area contributed by atoms with Crippen molar-refractivity contribution in [3.8, 4) is 0 Å². The Labute approximate surface area is 733 Å². The van der Waals surface area contributed by atoms with E-state index < -0.39 is 303 Å². The largest absolute Gasteiger partial charge is 0.481 e. The number of nitrogens with two attached hydrogens (primary N) is 4. The number of carboxylic acid groups (broad SMARTS) is 1. The second kappa shape index (κ2) is 57.8. The van der Waals surface area contributed by atoms with Gasteiger partial charge in [0.1, 0.15) is 91.2 Å². The van der Waals surface area contributed by atoms with Crippen LogP contribution in [0.15, 0.2) is 0 Å². The molecule has 1 heterocycles. The average molecular weight is 1780 g/mol. The number of aliphatic hydroxyl groups excluding tert-OH is 1. The van der Waals surface area contributed by atoms with Crippen LogP contribution in [0.1, 0.15) is 265 Å². The van der Waals surface area contributed by atoms with Crippen molar-refractivity contribution in [2.45, 2.75) is 356 Å². The fourth-order valence-corrected chi connectivity index (χ4v) is 13.5. The van der Waals surface area contributed by atoms with Gasteiger partial charge in [0, 0.05) is 32.1 Å². The summed E-state index contributed by atoms with van der Waals surface area (Å²) in [6.07, 6.45) is -2.30. The van der Waals surface area contributed by atoms with Gasteiger partial charge in [0.15, 0.2) is 0 Å². The van der Waals surface area contributed by atoms with Gasteiger partial charge in [0.25, 0.3) is 0 Å². The molecular formula is C84H146N18O23. The van der Waals surface area contributed by atoms with Crippen molar-refractivity contribution >= 4 is 118 Å². The fraction of sp³-hybridized carbons (Fsp3) is 0.762. The number of carboxylic acids is 1. The second-order valence-corrected chi connectivity index (χ2v) is 35.4. The molecule has 0 saturated carbocycles. The van der Waals surface area contributed by atoms with Crippen LogP contribution in [0.25, 0.3) is 0 Å². The standard InChI is InChI=1S/C84H146N18O23/c1-18-20-21-22-23-24-50(103)40-66(108)89-56(35-42(3)4)76(116)94-55(29-34-67(109)110)71(111)90-53(27-32-64(87)106)74(114)100-68(47(13)14)82(122)97-60(39-46(11)12)79(119)92-52(26-31-63(86)105)73(113)99-61-41-125-84(124)70(49(17)19-2)102-75(115)54(28-33-65(88)107)93-77(117)57(36-43(5)6)96-80(120)58(37-44(7)8)95-72(112)51(25-30-62(85)104)91-78(118)59(38-45(9)10)98-83(123)69(48(15)16)101-81(61)121/h42-61,68-70,103H,18-41H2,1-17H3,(H2,85,104)(H2,86,105)(H2,87,106)(H2,88,107)(H,89,108)(H,90,111)(H,91,118)(H,92,119)(H,93,117)(H,94,116)(H,95,112)(H,96,120)(H,97,122)(H,98,123)(H,99,113)(H,100,114)(H,101,121)(H,102,115)(H,109,110)/t49-,50+,51+,52-,53+,54?,55+,56-,57-,58-,59+,60+,61+,68+,69?,70-/m0/s1. The Morgan fingerprint density at radius 2 is 0.768 bits per heavy atom. The third-order valence-corrected chi connectivity index (χ3v) is 20.6. The van der Waals surface area contributed by atoms with Crippen LogP contribution in [-0.4, -0.2) is 226 Å². The van der Waals surface area contributed by atoms with Gasteiger partial charge in [-0.05, 0) is 118 Å². The van der Waals surface area contributed by atoms with Gasteiger partial charge in [0.2, 0.25) is 106 Å². The zero-order valence-corrected chi connectivity index (χ0v) is 76.0. The highest BCUT2D eigenvalue weighted by molar-refractivity contribution is 6.01. The molecule has 0 bridgehead atoms. The monoisotopic (exact) mass is 1780 g/mol. The van der Waals surface area contributed by atoms with Gasteiger partial charge in [0.05, 0.1) is 12.5 Å². The van der Waals surface area contributed by atoms with Crippen LogP contribution in [0.2, 0.25) is 0 Å². The summed E-state index contributed by atoms with van der Waals surface area (Å²) >= 11 is 0. The number of hydrogen-bond donors (Lipinski definition) is 20. The molecule has 18 amide bonds. The minimum Gasteiger partial charge on any atom is -0.481 e. The summed E-state index contributed by atoms with van der Waals surface area (Å²) in [5, 5.41) is 56.0. The van der Waals surface area contributed by atoms with Crippen molar-refractivity contribution in [2.24, 2.45) is 70.3 Å². The molecule has 0 aromatic rings. The minimum atomic E-state index is -2.11. The van der Waals surface area contributed by atoms with Gasteiger partial charge in [-0.25, -0.2) is 4.79 Å². The number of nitrogens with one attached hydrogen (secondary N) is 14. The third-order valence-electron chi connectivity index (χ3n) is 20.6. The molecule has 41 nitrogen and oxygen atoms in total. The molecular weight excluding hydrogens is 1630 g/mol. The van der Waals surface area contributed by atoms with Gasteiger partial charge in [-0.2, -0.15) is 0 Å². The average Bonchev–Trinajstić information content (AvgIpc) is 1.25. The Hall–Kier alpha value is -10.6. The first-order valence-corrected chi connectivity index (χ1v) is 43.7. The molecule has 2 unspecified atom stereocenters. The molecule has 1 aliphatic rings. The number of cyclic esters (lactones) is 1. The highest BCUT2D eigenvalue weighted by Gasteiger charge is 2.42. The fourth-order valence-electron chi connectivity index (χ4n) is 13.5. The Balaban J connectivity index is 4.23. The lowest BCUT2D eigenvalue weighted by atomic mass is 9.97.